The summed E-state index contributed by atoms with van der Waals surface area (Å²) in [5, 5.41) is 11.7. The third kappa shape index (κ3) is 4.67. The molecule has 1 heterocycles. The van der Waals surface area contributed by atoms with Crippen LogP contribution in [-0.4, -0.2) is 54.4 Å². The first kappa shape index (κ1) is 15.1. The van der Waals surface area contributed by atoms with Crippen LogP contribution in [0.4, 0.5) is 4.79 Å². The number of carbonyl (C=O) groups is 2. The van der Waals surface area contributed by atoms with E-state index in [0.29, 0.717) is 25.6 Å². The molecule has 2 N–H and O–H groups in total. The van der Waals surface area contributed by atoms with Crippen LogP contribution in [0.1, 0.15) is 38.5 Å². The average Bonchev–Trinajstić information content (AvgIpc) is 2.45. The van der Waals surface area contributed by atoms with Crippen molar-refractivity contribution in [2.75, 3.05) is 26.2 Å². The first-order valence-corrected chi connectivity index (χ1v) is 7.51. The van der Waals surface area contributed by atoms with Gasteiger partial charge in [0, 0.05) is 19.6 Å². The highest BCUT2D eigenvalue weighted by atomic mass is 16.5. The van der Waals surface area contributed by atoms with Crippen molar-refractivity contribution in [1.29, 1.82) is 0 Å². The van der Waals surface area contributed by atoms with Gasteiger partial charge in [-0.2, -0.15) is 0 Å². The van der Waals surface area contributed by atoms with Crippen molar-refractivity contribution in [2.45, 2.75) is 44.6 Å². The highest BCUT2D eigenvalue weighted by Gasteiger charge is 2.26. The Hall–Kier alpha value is -1.30. The average molecular weight is 284 g/mol. The van der Waals surface area contributed by atoms with Crippen LogP contribution in [-0.2, 0) is 9.53 Å². The summed E-state index contributed by atoms with van der Waals surface area (Å²) in [5.41, 5.74) is 0. The van der Waals surface area contributed by atoms with Gasteiger partial charge in [0.05, 0.1) is 19.1 Å². The number of hydrogen-bond donors (Lipinski definition) is 2. The molecule has 0 radical (unpaired) electrons. The lowest BCUT2D eigenvalue weighted by molar-refractivity contribution is -0.141. The molecule has 0 bridgehead atoms. The number of hydrogen-bond acceptors (Lipinski definition) is 3. The van der Waals surface area contributed by atoms with Gasteiger partial charge in [-0.05, 0) is 18.8 Å². The Morgan fingerprint density at radius 3 is 2.70 bits per heavy atom. The van der Waals surface area contributed by atoms with E-state index in [2.05, 4.69) is 5.32 Å². The smallest absolute Gasteiger partial charge is 0.317 e. The molecule has 114 valence electrons. The van der Waals surface area contributed by atoms with E-state index >= 15 is 0 Å². The van der Waals surface area contributed by atoms with Gasteiger partial charge < -0.3 is 20.1 Å². The zero-order valence-electron chi connectivity index (χ0n) is 11.8. The summed E-state index contributed by atoms with van der Waals surface area (Å²) < 4.78 is 5.36. The molecule has 20 heavy (non-hydrogen) atoms. The van der Waals surface area contributed by atoms with Crippen molar-refractivity contribution in [2.24, 2.45) is 5.92 Å². The SMILES string of the molecule is O=C(O)CC1CN(C(=O)NCC2CCCCC2)CCO1. The molecular formula is C14H24N2O4. The Morgan fingerprint density at radius 1 is 1.25 bits per heavy atom. The monoisotopic (exact) mass is 284 g/mol. The number of carbonyl (C=O) groups excluding carboxylic acids is 1. The molecular weight excluding hydrogens is 260 g/mol. The molecule has 0 spiro atoms. The van der Waals surface area contributed by atoms with Gasteiger partial charge in [-0.3, -0.25) is 4.79 Å². The van der Waals surface area contributed by atoms with Crippen molar-refractivity contribution >= 4 is 12.0 Å². The summed E-state index contributed by atoms with van der Waals surface area (Å²) in [6, 6.07) is -0.0886. The molecule has 0 aromatic heterocycles. The maximum absolute atomic E-state index is 12.1. The van der Waals surface area contributed by atoms with Gasteiger partial charge in [-0.1, -0.05) is 19.3 Å². The fourth-order valence-corrected chi connectivity index (χ4v) is 2.96. The van der Waals surface area contributed by atoms with Crippen LogP contribution >= 0.6 is 0 Å². The Kier molecular flexibility index (Phi) is 5.64. The summed E-state index contributed by atoms with van der Waals surface area (Å²) in [7, 11) is 0. The number of aliphatic carboxylic acids is 1. The minimum absolute atomic E-state index is 0.0492. The number of morpholine rings is 1. The van der Waals surface area contributed by atoms with Crippen molar-refractivity contribution < 1.29 is 19.4 Å². The second-order valence-corrected chi connectivity index (χ2v) is 5.73. The summed E-state index contributed by atoms with van der Waals surface area (Å²) in [6.07, 6.45) is 5.80. The Labute approximate surface area is 119 Å². The third-order valence-electron chi connectivity index (χ3n) is 4.09. The number of nitrogens with zero attached hydrogens (tertiary/aromatic N) is 1. The molecule has 0 aromatic carbocycles. The number of amides is 2. The van der Waals surface area contributed by atoms with Crippen LogP contribution in [0, 0.1) is 5.92 Å². The van der Waals surface area contributed by atoms with Crippen molar-refractivity contribution in [1.82, 2.24) is 10.2 Å². The fraction of sp³-hybridized carbons (Fsp3) is 0.857. The summed E-state index contributed by atoms with van der Waals surface area (Å²) in [5.74, 6) is -0.289. The lowest BCUT2D eigenvalue weighted by Crippen LogP contribution is -2.50. The molecule has 1 saturated carbocycles. The molecule has 6 nitrogen and oxygen atoms in total. The Balaban J connectivity index is 1.72. The predicted octanol–water partition coefficient (Wildman–Crippen LogP) is 1.45. The van der Waals surface area contributed by atoms with E-state index in [0.717, 1.165) is 6.54 Å². The van der Waals surface area contributed by atoms with E-state index in [1.54, 1.807) is 4.90 Å². The molecule has 1 atom stereocenters. The van der Waals surface area contributed by atoms with Crippen LogP contribution < -0.4 is 5.32 Å². The van der Waals surface area contributed by atoms with E-state index in [-0.39, 0.29) is 18.6 Å². The van der Waals surface area contributed by atoms with Gasteiger partial charge in [-0.25, -0.2) is 4.79 Å². The molecule has 6 heteroatoms. The summed E-state index contributed by atoms with van der Waals surface area (Å²) >= 11 is 0. The Bertz CT molecular complexity index is 342. The molecule has 1 saturated heterocycles. The highest BCUT2D eigenvalue weighted by molar-refractivity contribution is 5.74. The van der Waals surface area contributed by atoms with Crippen molar-refractivity contribution in [3.05, 3.63) is 0 Å². The quantitative estimate of drug-likeness (QED) is 0.819. The number of rotatable bonds is 4. The van der Waals surface area contributed by atoms with Crippen LogP contribution in [0.25, 0.3) is 0 Å². The maximum atomic E-state index is 12.1. The number of nitrogens with one attached hydrogen (secondary N) is 1. The number of ether oxygens (including phenoxy) is 1. The topological polar surface area (TPSA) is 78.9 Å². The third-order valence-corrected chi connectivity index (χ3v) is 4.09. The number of carboxylic acids is 1. The van der Waals surface area contributed by atoms with E-state index in [1.807, 2.05) is 0 Å². The zero-order valence-corrected chi connectivity index (χ0v) is 11.8. The molecule has 2 rings (SSSR count). The Morgan fingerprint density at radius 2 is 2.00 bits per heavy atom. The van der Waals surface area contributed by atoms with Crippen LogP contribution in [0.5, 0.6) is 0 Å². The lowest BCUT2D eigenvalue weighted by atomic mass is 9.89. The minimum Gasteiger partial charge on any atom is -0.481 e. The van der Waals surface area contributed by atoms with Crippen LogP contribution in [0.15, 0.2) is 0 Å². The summed E-state index contributed by atoms with van der Waals surface area (Å²) in [4.78, 5) is 24.4. The fourth-order valence-electron chi connectivity index (χ4n) is 2.96. The van der Waals surface area contributed by atoms with Crippen molar-refractivity contribution in [3.63, 3.8) is 0 Å². The first-order chi connectivity index (χ1) is 9.65. The van der Waals surface area contributed by atoms with Gasteiger partial charge in [0.1, 0.15) is 0 Å². The molecule has 0 aromatic rings. The lowest BCUT2D eigenvalue weighted by Gasteiger charge is -2.33. The largest absolute Gasteiger partial charge is 0.481 e. The van der Waals surface area contributed by atoms with Gasteiger partial charge in [0.15, 0.2) is 0 Å². The minimum atomic E-state index is -0.889. The van der Waals surface area contributed by atoms with Crippen molar-refractivity contribution in [3.8, 4) is 0 Å². The second kappa shape index (κ2) is 7.47. The standard InChI is InChI=1S/C14H24N2O4/c17-13(18)8-12-10-16(6-7-20-12)14(19)15-9-11-4-2-1-3-5-11/h11-12H,1-10H2,(H,15,19)(H,17,18). The normalized spacial score (nSPS) is 24.4. The van der Waals surface area contributed by atoms with Gasteiger partial charge in [0.2, 0.25) is 0 Å². The summed E-state index contributed by atoms with van der Waals surface area (Å²) in [6.45, 7) is 2.05. The molecule has 1 unspecified atom stereocenters. The molecule has 1 aliphatic carbocycles. The van der Waals surface area contributed by atoms with E-state index in [4.69, 9.17) is 9.84 Å². The van der Waals surface area contributed by atoms with Gasteiger partial charge in [0.25, 0.3) is 0 Å². The van der Waals surface area contributed by atoms with E-state index in [1.165, 1.54) is 32.1 Å². The van der Waals surface area contributed by atoms with Crippen LogP contribution in [0.2, 0.25) is 0 Å². The second-order valence-electron chi connectivity index (χ2n) is 5.73. The van der Waals surface area contributed by atoms with E-state index < -0.39 is 5.97 Å². The predicted molar refractivity (Wildman–Crippen MR) is 73.5 cm³/mol. The molecule has 2 amide bonds. The molecule has 2 aliphatic rings. The first-order valence-electron chi connectivity index (χ1n) is 7.51. The molecule has 1 aliphatic heterocycles. The van der Waals surface area contributed by atoms with Gasteiger partial charge in [-0.15, -0.1) is 0 Å². The van der Waals surface area contributed by atoms with Crippen LogP contribution in [0.3, 0.4) is 0 Å². The zero-order chi connectivity index (χ0) is 14.4. The number of urea groups is 1. The highest BCUT2D eigenvalue weighted by Crippen LogP contribution is 2.22. The number of carboxylic acid groups (broad SMARTS) is 1. The van der Waals surface area contributed by atoms with E-state index in [9.17, 15) is 9.59 Å². The van der Waals surface area contributed by atoms with Gasteiger partial charge >= 0.3 is 12.0 Å². The molecule has 2 fully saturated rings. The maximum Gasteiger partial charge on any atom is 0.317 e.